The number of nitrogens with one attached hydrogen (secondary N) is 1. The standard InChI is InChI=1S/C20H18BrN3O/c21-16-10-8-15(9-11-16)19-18-7-4-12-23(18)13-14-24(19)20(25)22-17-5-2-1-3-6-17/h1-12,19H,13-14H2,(H,22,25)/t19-/m1/s1. The second-order valence-electron chi connectivity index (χ2n) is 6.07. The van der Waals surface area contributed by atoms with Gasteiger partial charge >= 0.3 is 6.03 Å². The molecule has 1 atom stereocenters. The minimum absolute atomic E-state index is 0.0773. The zero-order chi connectivity index (χ0) is 17.2. The lowest BCUT2D eigenvalue weighted by Crippen LogP contribution is -2.44. The molecule has 0 bridgehead atoms. The molecule has 126 valence electrons. The number of nitrogens with zero attached hydrogens (tertiary/aromatic N) is 2. The minimum Gasteiger partial charge on any atom is -0.348 e. The van der Waals surface area contributed by atoms with Crippen LogP contribution in [0.2, 0.25) is 0 Å². The van der Waals surface area contributed by atoms with Gasteiger partial charge in [-0.25, -0.2) is 4.79 Å². The van der Waals surface area contributed by atoms with Gasteiger partial charge in [0.05, 0.1) is 6.04 Å². The van der Waals surface area contributed by atoms with Crippen molar-refractivity contribution in [1.29, 1.82) is 0 Å². The van der Waals surface area contributed by atoms with Crippen molar-refractivity contribution in [2.45, 2.75) is 12.6 Å². The van der Waals surface area contributed by atoms with Crippen LogP contribution in [0.1, 0.15) is 17.3 Å². The summed E-state index contributed by atoms with van der Waals surface area (Å²) in [4.78, 5) is 14.9. The predicted octanol–water partition coefficient (Wildman–Crippen LogP) is 4.89. The van der Waals surface area contributed by atoms with E-state index in [0.29, 0.717) is 6.54 Å². The highest BCUT2D eigenvalue weighted by Gasteiger charge is 2.32. The highest BCUT2D eigenvalue weighted by Crippen LogP contribution is 2.33. The maximum absolute atomic E-state index is 12.9. The van der Waals surface area contributed by atoms with Crippen molar-refractivity contribution < 1.29 is 4.79 Å². The van der Waals surface area contributed by atoms with Crippen molar-refractivity contribution in [2.24, 2.45) is 0 Å². The van der Waals surface area contributed by atoms with Crippen molar-refractivity contribution in [1.82, 2.24) is 9.47 Å². The topological polar surface area (TPSA) is 37.3 Å². The Labute approximate surface area is 155 Å². The first-order valence-electron chi connectivity index (χ1n) is 8.25. The van der Waals surface area contributed by atoms with Crippen LogP contribution in [0.4, 0.5) is 10.5 Å². The second-order valence-corrected chi connectivity index (χ2v) is 6.99. The van der Waals surface area contributed by atoms with E-state index in [1.807, 2.05) is 53.4 Å². The Hall–Kier alpha value is -2.53. The van der Waals surface area contributed by atoms with E-state index in [2.05, 4.69) is 50.2 Å². The molecule has 2 heterocycles. The van der Waals surface area contributed by atoms with Crippen molar-refractivity contribution >= 4 is 27.6 Å². The van der Waals surface area contributed by atoms with Gasteiger partial charge in [-0.15, -0.1) is 0 Å². The fourth-order valence-corrected chi connectivity index (χ4v) is 3.58. The number of fused-ring (bicyclic) bond motifs is 1. The number of para-hydroxylation sites is 1. The number of urea groups is 1. The number of benzene rings is 2. The summed E-state index contributed by atoms with van der Waals surface area (Å²) in [5, 5.41) is 3.01. The van der Waals surface area contributed by atoms with E-state index in [1.165, 1.54) is 0 Å². The van der Waals surface area contributed by atoms with Crippen LogP contribution >= 0.6 is 15.9 Å². The smallest absolute Gasteiger partial charge is 0.322 e. The SMILES string of the molecule is O=C(Nc1ccccc1)N1CCn2cccc2[C@H]1c1ccc(Br)cc1. The van der Waals surface area contributed by atoms with Gasteiger partial charge in [-0.3, -0.25) is 0 Å². The van der Waals surface area contributed by atoms with Crippen molar-refractivity contribution in [2.75, 3.05) is 11.9 Å². The van der Waals surface area contributed by atoms with E-state index in [9.17, 15) is 4.79 Å². The van der Waals surface area contributed by atoms with Crippen molar-refractivity contribution in [3.63, 3.8) is 0 Å². The summed E-state index contributed by atoms with van der Waals surface area (Å²) in [5.41, 5.74) is 3.05. The molecule has 3 aromatic rings. The molecule has 0 unspecified atom stereocenters. The number of carbonyl (C=O) groups excluding carboxylic acids is 1. The molecule has 1 aliphatic rings. The molecule has 0 radical (unpaired) electrons. The number of amides is 2. The quantitative estimate of drug-likeness (QED) is 0.658. The fourth-order valence-electron chi connectivity index (χ4n) is 3.31. The highest BCUT2D eigenvalue weighted by molar-refractivity contribution is 9.10. The lowest BCUT2D eigenvalue weighted by molar-refractivity contribution is 0.182. The summed E-state index contributed by atoms with van der Waals surface area (Å²) in [6.45, 7) is 1.47. The zero-order valence-electron chi connectivity index (χ0n) is 13.6. The van der Waals surface area contributed by atoms with Gasteiger partial charge in [0.25, 0.3) is 0 Å². The van der Waals surface area contributed by atoms with Crippen molar-refractivity contribution in [3.05, 3.63) is 88.7 Å². The number of halogens is 1. The van der Waals surface area contributed by atoms with Crippen LogP contribution in [0, 0.1) is 0 Å². The minimum atomic E-state index is -0.0967. The molecule has 4 rings (SSSR count). The van der Waals surface area contributed by atoms with Crippen LogP contribution in [0.5, 0.6) is 0 Å². The molecule has 2 amide bonds. The summed E-state index contributed by atoms with van der Waals surface area (Å²) >= 11 is 3.48. The summed E-state index contributed by atoms with van der Waals surface area (Å²) in [5.74, 6) is 0. The summed E-state index contributed by atoms with van der Waals surface area (Å²) in [6.07, 6.45) is 2.08. The number of rotatable bonds is 2. The molecule has 1 aliphatic heterocycles. The molecular weight excluding hydrogens is 378 g/mol. The second kappa shape index (κ2) is 6.76. The normalized spacial score (nSPS) is 16.4. The Balaban J connectivity index is 1.68. The molecule has 2 aromatic carbocycles. The molecule has 1 N–H and O–H groups in total. The monoisotopic (exact) mass is 395 g/mol. The summed E-state index contributed by atoms with van der Waals surface area (Å²) in [6, 6.07) is 21.7. The number of anilines is 1. The molecular formula is C20H18BrN3O. The number of hydrogen-bond acceptors (Lipinski definition) is 1. The van der Waals surface area contributed by atoms with Gasteiger partial charge in [0.2, 0.25) is 0 Å². The largest absolute Gasteiger partial charge is 0.348 e. The van der Waals surface area contributed by atoms with Crippen LogP contribution in [0.25, 0.3) is 0 Å². The van der Waals surface area contributed by atoms with Gasteiger partial charge < -0.3 is 14.8 Å². The molecule has 0 aliphatic carbocycles. The predicted molar refractivity (Wildman–Crippen MR) is 103 cm³/mol. The average molecular weight is 396 g/mol. The molecule has 0 spiro atoms. The Kier molecular flexibility index (Phi) is 4.32. The summed E-state index contributed by atoms with van der Waals surface area (Å²) < 4.78 is 3.25. The van der Waals surface area contributed by atoms with Gasteiger partial charge in [-0.2, -0.15) is 0 Å². The first-order valence-corrected chi connectivity index (χ1v) is 9.05. The van der Waals surface area contributed by atoms with Crippen LogP contribution < -0.4 is 5.32 Å². The summed E-state index contributed by atoms with van der Waals surface area (Å²) in [7, 11) is 0. The van der Waals surface area contributed by atoms with E-state index in [-0.39, 0.29) is 12.1 Å². The van der Waals surface area contributed by atoms with Crippen molar-refractivity contribution in [3.8, 4) is 0 Å². The van der Waals surface area contributed by atoms with E-state index in [0.717, 1.165) is 28.0 Å². The van der Waals surface area contributed by atoms with Crippen LogP contribution in [0.15, 0.2) is 77.4 Å². The number of aromatic nitrogens is 1. The van der Waals surface area contributed by atoms with E-state index >= 15 is 0 Å². The molecule has 5 heteroatoms. The Bertz CT molecular complexity index is 873. The lowest BCUT2D eigenvalue weighted by atomic mass is 10.0. The molecule has 0 saturated heterocycles. The number of carbonyl (C=O) groups is 1. The lowest BCUT2D eigenvalue weighted by Gasteiger charge is -2.37. The third-order valence-corrected chi connectivity index (χ3v) is 5.04. The molecule has 1 aromatic heterocycles. The molecule has 4 nitrogen and oxygen atoms in total. The maximum atomic E-state index is 12.9. The van der Waals surface area contributed by atoms with Crippen LogP contribution in [-0.2, 0) is 6.54 Å². The number of hydrogen-bond donors (Lipinski definition) is 1. The first-order chi connectivity index (χ1) is 12.2. The van der Waals surface area contributed by atoms with Gasteiger partial charge in [0.15, 0.2) is 0 Å². The zero-order valence-corrected chi connectivity index (χ0v) is 15.2. The van der Waals surface area contributed by atoms with E-state index in [4.69, 9.17) is 0 Å². The van der Waals surface area contributed by atoms with Crippen LogP contribution in [-0.4, -0.2) is 22.0 Å². The maximum Gasteiger partial charge on any atom is 0.322 e. The highest BCUT2D eigenvalue weighted by atomic mass is 79.9. The van der Waals surface area contributed by atoms with Gasteiger partial charge in [0, 0.05) is 35.1 Å². The Morgan fingerprint density at radius 2 is 1.72 bits per heavy atom. The Morgan fingerprint density at radius 1 is 0.960 bits per heavy atom. The third-order valence-electron chi connectivity index (χ3n) is 4.51. The first kappa shape index (κ1) is 16.0. The molecule has 0 fully saturated rings. The fraction of sp³-hybridized carbons (Fsp3) is 0.150. The van der Waals surface area contributed by atoms with E-state index in [1.54, 1.807) is 0 Å². The molecule has 25 heavy (non-hydrogen) atoms. The van der Waals surface area contributed by atoms with E-state index < -0.39 is 0 Å². The van der Waals surface area contributed by atoms with Gasteiger partial charge in [0.1, 0.15) is 0 Å². The Morgan fingerprint density at radius 3 is 2.48 bits per heavy atom. The van der Waals surface area contributed by atoms with Crippen LogP contribution in [0.3, 0.4) is 0 Å². The van der Waals surface area contributed by atoms with Gasteiger partial charge in [-0.1, -0.05) is 46.3 Å². The molecule has 0 saturated carbocycles. The third kappa shape index (κ3) is 3.20. The van der Waals surface area contributed by atoms with Gasteiger partial charge in [-0.05, 0) is 42.0 Å². The average Bonchev–Trinajstić information content (AvgIpc) is 3.11.